The highest BCUT2D eigenvalue weighted by Crippen LogP contribution is 2.32. The van der Waals surface area contributed by atoms with E-state index in [9.17, 15) is 13.2 Å². The fourth-order valence-corrected chi connectivity index (χ4v) is 3.07. The van der Waals surface area contributed by atoms with Crippen molar-refractivity contribution in [1.82, 2.24) is 4.72 Å². The van der Waals surface area contributed by atoms with E-state index in [1.165, 1.54) is 30.5 Å². The van der Waals surface area contributed by atoms with Crippen molar-refractivity contribution in [3.63, 3.8) is 0 Å². The molecule has 1 N–H and O–H groups in total. The highest BCUT2D eigenvalue weighted by atomic mass is 32.2. The SMILES string of the molecule is N#C/C(=C/c1ccco1)C(=O)NS(=O)(=O)c1ccc2c(c1)OCCO2. The van der Waals surface area contributed by atoms with Crippen LogP contribution in [0.25, 0.3) is 6.08 Å². The molecule has 1 aliphatic rings. The quantitative estimate of drug-likeness (QED) is 0.647. The molecule has 25 heavy (non-hydrogen) atoms. The molecular weight excluding hydrogens is 348 g/mol. The zero-order valence-corrected chi connectivity index (χ0v) is 13.6. The lowest BCUT2D eigenvalue weighted by atomic mass is 10.2. The van der Waals surface area contributed by atoms with Gasteiger partial charge in [0.1, 0.15) is 30.6 Å². The van der Waals surface area contributed by atoms with E-state index in [2.05, 4.69) is 0 Å². The number of hydrogen-bond donors (Lipinski definition) is 1. The van der Waals surface area contributed by atoms with Gasteiger partial charge in [-0.15, -0.1) is 0 Å². The summed E-state index contributed by atoms with van der Waals surface area (Å²) < 4.78 is 42.2. The van der Waals surface area contributed by atoms with Crippen LogP contribution in [0.15, 0.2) is 51.5 Å². The van der Waals surface area contributed by atoms with Crippen LogP contribution in [0.5, 0.6) is 11.5 Å². The number of nitriles is 1. The van der Waals surface area contributed by atoms with Gasteiger partial charge in [-0.1, -0.05) is 0 Å². The Hall–Kier alpha value is -3.25. The highest BCUT2D eigenvalue weighted by Gasteiger charge is 2.23. The lowest BCUT2D eigenvalue weighted by molar-refractivity contribution is -0.115. The minimum Gasteiger partial charge on any atom is -0.486 e. The van der Waals surface area contributed by atoms with Crippen molar-refractivity contribution in [2.24, 2.45) is 0 Å². The lowest BCUT2D eigenvalue weighted by Gasteiger charge is -2.18. The third kappa shape index (κ3) is 3.64. The van der Waals surface area contributed by atoms with Gasteiger partial charge in [0, 0.05) is 12.1 Å². The van der Waals surface area contributed by atoms with Gasteiger partial charge < -0.3 is 13.9 Å². The van der Waals surface area contributed by atoms with Gasteiger partial charge in [-0.3, -0.25) is 4.79 Å². The normalized spacial score (nSPS) is 13.8. The molecule has 0 spiro atoms. The van der Waals surface area contributed by atoms with Crippen molar-refractivity contribution in [2.45, 2.75) is 4.90 Å². The average molecular weight is 360 g/mol. The Morgan fingerprint density at radius 3 is 2.64 bits per heavy atom. The number of amides is 1. The molecule has 0 saturated carbocycles. The molecule has 1 aromatic heterocycles. The molecule has 0 aliphatic carbocycles. The highest BCUT2D eigenvalue weighted by molar-refractivity contribution is 7.90. The number of sulfonamides is 1. The van der Waals surface area contributed by atoms with Crippen LogP contribution in [0.1, 0.15) is 5.76 Å². The van der Waals surface area contributed by atoms with E-state index < -0.39 is 21.5 Å². The predicted octanol–water partition coefficient (Wildman–Crippen LogP) is 1.46. The number of hydrogen-bond acceptors (Lipinski definition) is 7. The molecule has 3 rings (SSSR count). The maximum Gasteiger partial charge on any atom is 0.275 e. The standard InChI is InChI=1S/C16H12N2O6S/c17-10-11(8-12-2-1-5-22-12)16(19)18-25(20,21)13-3-4-14-15(9-13)24-7-6-23-14/h1-5,8-9H,6-7H2,(H,18,19)/b11-8-. The van der Waals surface area contributed by atoms with Crippen LogP contribution in [-0.4, -0.2) is 27.5 Å². The molecule has 0 saturated heterocycles. The molecule has 0 radical (unpaired) electrons. The van der Waals surface area contributed by atoms with Gasteiger partial charge in [-0.05, 0) is 24.3 Å². The zero-order valence-electron chi connectivity index (χ0n) is 12.8. The molecule has 0 unspecified atom stereocenters. The Morgan fingerprint density at radius 2 is 1.96 bits per heavy atom. The van der Waals surface area contributed by atoms with E-state index in [0.717, 1.165) is 6.08 Å². The minimum absolute atomic E-state index is 0.180. The number of carbonyl (C=O) groups is 1. The Balaban J connectivity index is 1.83. The van der Waals surface area contributed by atoms with Crippen molar-refractivity contribution in [2.75, 3.05) is 13.2 Å². The molecule has 1 amide bonds. The Kier molecular flexibility index (Phi) is 4.45. The Morgan fingerprint density at radius 1 is 1.20 bits per heavy atom. The summed E-state index contributed by atoms with van der Waals surface area (Å²) in [6.45, 7) is 0.673. The van der Waals surface area contributed by atoms with Crippen LogP contribution >= 0.6 is 0 Å². The van der Waals surface area contributed by atoms with Crippen molar-refractivity contribution in [3.05, 3.63) is 47.9 Å². The number of furan rings is 1. The zero-order chi connectivity index (χ0) is 17.9. The summed E-state index contributed by atoms with van der Waals surface area (Å²) in [5.41, 5.74) is -0.406. The van der Waals surface area contributed by atoms with E-state index >= 15 is 0 Å². The first-order valence-electron chi connectivity index (χ1n) is 7.12. The van der Waals surface area contributed by atoms with Crippen LogP contribution in [0.2, 0.25) is 0 Å². The molecular formula is C16H12N2O6S. The van der Waals surface area contributed by atoms with Gasteiger partial charge in [0.15, 0.2) is 11.5 Å². The number of ether oxygens (including phenoxy) is 2. The van der Waals surface area contributed by atoms with Crippen molar-refractivity contribution >= 4 is 22.0 Å². The second-order valence-corrected chi connectivity index (χ2v) is 6.61. The summed E-state index contributed by atoms with van der Waals surface area (Å²) in [4.78, 5) is 11.9. The third-order valence-corrected chi connectivity index (χ3v) is 4.57. The molecule has 9 heteroatoms. The lowest BCUT2D eigenvalue weighted by Crippen LogP contribution is -2.31. The van der Waals surface area contributed by atoms with Gasteiger partial charge in [0.2, 0.25) is 0 Å². The van der Waals surface area contributed by atoms with Crippen molar-refractivity contribution in [3.8, 4) is 17.6 Å². The van der Waals surface area contributed by atoms with E-state index in [4.69, 9.17) is 19.2 Å². The first-order valence-corrected chi connectivity index (χ1v) is 8.60. The summed E-state index contributed by atoms with van der Waals surface area (Å²) in [6.07, 6.45) is 2.51. The van der Waals surface area contributed by atoms with E-state index in [-0.39, 0.29) is 16.4 Å². The molecule has 0 bridgehead atoms. The van der Waals surface area contributed by atoms with Gasteiger partial charge in [0.05, 0.1) is 11.2 Å². The van der Waals surface area contributed by atoms with Gasteiger partial charge in [-0.2, -0.15) is 5.26 Å². The largest absolute Gasteiger partial charge is 0.486 e. The molecule has 2 heterocycles. The number of nitrogens with zero attached hydrogens (tertiary/aromatic N) is 1. The molecule has 1 aromatic carbocycles. The number of nitrogens with one attached hydrogen (secondary N) is 1. The maximum absolute atomic E-state index is 12.4. The second kappa shape index (κ2) is 6.70. The van der Waals surface area contributed by atoms with Crippen molar-refractivity contribution in [1.29, 1.82) is 5.26 Å². The van der Waals surface area contributed by atoms with Crippen LogP contribution < -0.4 is 14.2 Å². The van der Waals surface area contributed by atoms with Crippen LogP contribution in [0.4, 0.5) is 0 Å². The maximum atomic E-state index is 12.4. The summed E-state index contributed by atoms with van der Waals surface area (Å²) in [6, 6.07) is 8.73. The van der Waals surface area contributed by atoms with Crippen LogP contribution in [0, 0.1) is 11.3 Å². The monoisotopic (exact) mass is 360 g/mol. The van der Waals surface area contributed by atoms with E-state index in [1.54, 1.807) is 12.1 Å². The fourth-order valence-electron chi connectivity index (χ4n) is 2.09. The van der Waals surface area contributed by atoms with Gasteiger partial charge >= 0.3 is 0 Å². The first-order chi connectivity index (χ1) is 12.0. The number of rotatable bonds is 4. The fraction of sp³-hybridized carbons (Fsp3) is 0.125. The van der Waals surface area contributed by atoms with Gasteiger partial charge in [0.25, 0.3) is 15.9 Å². The first kappa shape index (κ1) is 16.6. The molecule has 128 valence electrons. The van der Waals surface area contributed by atoms with Crippen molar-refractivity contribution < 1.29 is 27.1 Å². The smallest absolute Gasteiger partial charge is 0.275 e. The number of fused-ring (bicyclic) bond motifs is 1. The topological polar surface area (TPSA) is 119 Å². The van der Waals surface area contributed by atoms with Crippen LogP contribution in [-0.2, 0) is 14.8 Å². The molecule has 2 aromatic rings. The second-order valence-electron chi connectivity index (χ2n) is 4.93. The van der Waals surface area contributed by atoms with Gasteiger partial charge in [-0.25, -0.2) is 13.1 Å². The predicted molar refractivity (Wildman–Crippen MR) is 85.1 cm³/mol. The number of benzene rings is 1. The molecule has 0 fully saturated rings. The Labute approximate surface area is 143 Å². The van der Waals surface area contributed by atoms with Crippen LogP contribution in [0.3, 0.4) is 0 Å². The summed E-state index contributed by atoms with van der Waals surface area (Å²) in [7, 11) is -4.18. The molecule has 0 atom stereocenters. The average Bonchev–Trinajstić information content (AvgIpc) is 3.12. The molecule has 8 nitrogen and oxygen atoms in total. The summed E-state index contributed by atoms with van der Waals surface area (Å²) >= 11 is 0. The summed E-state index contributed by atoms with van der Waals surface area (Å²) in [5.74, 6) is -0.114. The van der Waals surface area contributed by atoms with E-state index in [1.807, 2.05) is 4.72 Å². The minimum atomic E-state index is -4.18. The van der Waals surface area contributed by atoms with E-state index in [0.29, 0.717) is 19.0 Å². The Bertz CT molecular complexity index is 971. The summed E-state index contributed by atoms with van der Waals surface area (Å²) in [5, 5.41) is 9.07. The third-order valence-electron chi connectivity index (χ3n) is 3.25. The molecule has 1 aliphatic heterocycles. The number of carbonyl (C=O) groups excluding carboxylic acids is 1.